The third-order valence-corrected chi connectivity index (χ3v) is 4.15. The number of carbonyl (C=O) groups is 1. The summed E-state index contributed by atoms with van der Waals surface area (Å²) in [7, 11) is 0. The van der Waals surface area contributed by atoms with Crippen molar-refractivity contribution in [2.45, 2.75) is 25.9 Å². The second-order valence-electron chi connectivity index (χ2n) is 5.47. The van der Waals surface area contributed by atoms with Crippen LogP contribution in [0.25, 0.3) is 0 Å². The molecule has 1 aromatic carbocycles. The van der Waals surface area contributed by atoms with Crippen molar-refractivity contribution in [3.05, 3.63) is 47.2 Å². The van der Waals surface area contributed by atoms with Gasteiger partial charge in [0.1, 0.15) is 0 Å². The average Bonchev–Trinajstić information content (AvgIpc) is 3.16. The van der Waals surface area contributed by atoms with Crippen molar-refractivity contribution >= 4 is 23.2 Å². The lowest BCUT2D eigenvalue weighted by Crippen LogP contribution is -2.37. The fraction of sp³-hybridized carbons (Fsp3) is 0.375. The van der Waals surface area contributed by atoms with Gasteiger partial charge in [0.15, 0.2) is 0 Å². The van der Waals surface area contributed by atoms with Crippen LogP contribution in [-0.2, 0) is 6.54 Å². The molecule has 1 N–H and O–H groups in total. The number of nitrogens with zero attached hydrogens (tertiary/aromatic N) is 3. The molecule has 5 nitrogen and oxygen atoms in total. The fourth-order valence-corrected chi connectivity index (χ4v) is 2.89. The fourth-order valence-electron chi connectivity index (χ4n) is 2.71. The molecule has 0 spiro atoms. The first-order valence-electron chi connectivity index (χ1n) is 7.49. The van der Waals surface area contributed by atoms with Gasteiger partial charge in [0.25, 0.3) is 5.91 Å². The summed E-state index contributed by atoms with van der Waals surface area (Å²) in [5.74, 6) is -0.0577. The van der Waals surface area contributed by atoms with Gasteiger partial charge >= 0.3 is 0 Å². The Labute approximate surface area is 134 Å². The SMILES string of the molecule is CCn1cc(C(=O)N[C@@H]2CCN(c3cccc(Cl)c3)C2)cn1. The van der Waals surface area contributed by atoms with Crippen LogP contribution in [0.15, 0.2) is 36.7 Å². The molecule has 2 aromatic rings. The second kappa shape index (κ2) is 6.40. The van der Waals surface area contributed by atoms with Gasteiger partial charge in [-0.05, 0) is 31.5 Å². The molecule has 0 unspecified atom stereocenters. The summed E-state index contributed by atoms with van der Waals surface area (Å²) in [6, 6.07) is 7.96. The maximum absolute atomic E-state index is 12.2. The van der Waals surface area contributed by atoms with Crippen molar-refractivity contribution in [2.24, 2.45) is 0 Å². The summed E-state index contributed by atoms with van der Waals surface area (Å²) >= 11 is 6.03. The van der Waals surface area contributed by atoms with Crippen molar-refractivity contribution in [2.75, 3.05) is 18.0 Å². The molecule has 116 valence electrons. The van der Waals surface area contributed by atoms with Gasteiger partial charge in [-0.15, -0.1) is 0 Å². The quantitative estimate of drug-likeness (QED) is 0.942. The van der Waals surface area contributed by atoms with Gasteiger partial charge in [0, 0.05) is 42.6 Å². The van der Waals surface area contributed by atoms with E-state index in [1.54, 1.807) is 17.1 Å². The van der Waals surface area contributed by atoms with Gasteiger partial charge < -0.3 is 10.2 Å². The van der Waals surface area contributed by atoms with E-state index in [4.69, 9.17) is 11.6 Å². The summed E-state index contributed by atoms with van der Waals surface area (Å²) in [5.41, 5.74) is 1.71. The summed E-state index contributed by atoms with van der Waals surface area (Å²) in [6.07, 6.45) is 4.32. The van der Waals surface area contributed by atoms with Crippen LogP contribution >= 0.6 is 11.6 Å². The van der Waals surface area contributed by atoms with E-state index in [1.165, 1.54) is 0 Å². The maximum atomic E-state index is 12.2. The monoisotopic (exact) mass is 318 g/mol. The van der Waals surface area contributed by atoms with E-state index in [1.807, 2.05) is 31.2 Å². The first-order valence-corrected chi connectivity index (χ1v) is 7.87. The zero-order valence-electron chi connectivity index (χ0n) is 12.5. The number of nitrogens with one attached hydrogen (secondary N) is 1. The number of halogens is 1. The van der Waals surface area contributed by atoms with E-state index in [9.17, 15) is 4.79 Å². The number of aryl methyl sites for hydroxylation is 1. The number of anilines is 1. The number of rotatable bonds is 4. The van der Waals surface area contributed by atoms with E-state index >= 15 is 0 Å². The second-order valence-corrected chi connectivity index (χ2v) is 5.91. The van der Waals surface area contributed by atoms with Crippen molar-refractivity contribution in [3.63, 3.8) is 0 Å². The van der Waals surface area contributed by atoms with Crippen molar-refractivity contribution in [1.29, 1.82) is 0 Å². The summed E-state index contributed by atoms with van der Waals surface area (Å²) in [6.45, 7) is 4.47. The molecule has 2 heterocycles. The molecule has 1 fully saturated rings. The van der Waals surface area contributed by atoms with Crippen LogP contribution in [0.4, 0.5) is 5.69 Å². The minimum atomic E-state index is -0.0577. The molecule has 1 amide bonds. The minimum Gasteiger partial charge on any atom is -0.369 e. The molecule has 0 radical (unpaired) electrons. The molecule has 0 saturated carbocycles. The minimum absolute atomic E-state index is 0.0577. The third-order valence-electron chi connectivity index (χ3n) is 3.92. The van der Waals surface area contributed by atoms with E-state index in [-0.39, 0.29) is 11.9 Å². The van der Waals surface area contributed by atoms with E-state index < -0.39 is 0 Å². The normalized spacial score (nSPS) is 17.7. The highest BCUT2D eigenvalue weighted by molar-refractivity contribution is 6.30. The Balaban J connectivity index is 1.60. The number of aromatic nitrogens is 2. The Morgan fingerprint density at radius 3 is 3.09 bits per heavy atom. The van der Waals surface area contributed by atoms with Gasteiger partial charge in [-0.1, -0.05) is 17.7 Å². The Bertz CT molecular complexity index is 670. The van der Waals surface area contributed by atoms with Crippen LogP contribution in [0, 0.1) is 0 Å². The Morgan fingerprint density at radius 1 is 1.50 bits per heavy atom. The molecule has 6 heteroatoms. The molecule has 1 aliphatic heterocycles. The smallest absolute Gasteiger partial charge is 0.254 e. The number of benzene rings is 1. The highest BCUT2D eigenvalue weighted by Gasteiger charge is 2.24. The maximum Gasteiger partial charge on any atom is 0.254 e. The first kappa shape index (κ1) is 14.9. The predicted molar refractivity (Wildman–Crippen MR) is 87.4 cm³/mol. The van der Waals surface area contributed by atoms with Crippen LogP contribution in [0.3, 0.4) is 0 Å². The number of amides is 1. The van der Waals surface area contributed by atoms with Crippen molar-refractivity contribution in [1.82, 2.24) is 15.1 Å². The van der Waals surface area contributed by atoms with Crippen LogP contribution in [-0.4, -0.2) is 34.8 Å². The molecule has 22 heavy (non-hydrogen) atoms. The Morgan fingerprint density at radius 2 is 2.36 bits per heavy atom. The third kappa shape index (κ3) is 3.25. The van der Waals surface area contributed by atoms with Crippen LogP contribution in [0.1, 0.15) is 23.7 Å². The Hall–Kier alpha value is -2.01. The summed E-state index contributed by atoms with van der Waals surface area (Å²) in [5, 5.41) is 7.95. The van der Waals surface area contributed by atoms with Gasteiger partial charge in [-0.3, -0.25) is 9.48 Å². The lowest BCUT2D eigenvalue weighted by Gasteiger charge is -2.19. The zero-order chi connectivity index (χ0) is 15.5. The van der Waals surface area contributed by atoms with Crippen molar-refractivity contribution < 1.29 is 4.79 Å². The van der Waals surface area contributed by atoms with Crippen molar-refractivity contribution in [3.8, 4) is 0 Å². The largest absolute Gasteiger partial charge is 0.369 e. The molecular formula is C16H19ClN4O. The van der Waals surface area contributed by atoms with E-state index in [2.05, 4.69) is 15.3 Å². The van der Waals surface area contributed by atoms with E-state index in [0.29, 0.717) is 5.56 Å². The molecule has 3 rings (SSSR count). The lowest BCUT2D eigenvalue weighted by molar-refractivity contribution is 0.0940. The molecule has 1 atom stereocenters. The Kier molecular flexibility index (Phi) is 4.34. The summed E-state index contributed by atoms with van der Waals surface area (Å²) < 4.78 is 1.75. The van der Waals surface area contributed by atoms with E-state index in [0.717, 1.165) is 36.8 Å². The molecule has 0 aliphatic carbocycles. The van der Waals surface area contributed by atoms with Crippen LogP contribution in [0.5, 0.6) is 0 Å². The molecule has 0 bridgehead atoms. The molecule has 1 aromatic heterocycles. The van der Waals surface area contributed by atoms with Crippen LogP contribution < -0.4 is 10.2 Å². The number of hydrogen-bond acceptors (Lipinski definition) is 3. The highest BCUT2D eigenvalue weighted by atomic mass is 35.5. The topological polar surface area (TPSA) is 50.2 Å². The van der Waals surface area contributed by atoms with Crippen LogP contribution in [0.2, 0.25) is 5.02 Å². The lowest BCUT2D eigenvalue weighted by atomic mass is 10.2. The molecule has 1 saturated heterocycles. The zero-order valence-corrected chi connectivity index (χ0v) is 13.3. The van der Waals surface area contributed by atoms with Gasteiger partial charge in [-0.2, -0.15) is 5.10 Å². The van der Waals surface area contributed by atoms with Gasteiger partial charge in [0.05, 0.1) is 11.8 Å². The summed E-state index contributed by atoms with van der Waals surface area (Å²) in [4.78, 5) is 14.5. The highest BCUT2D eigenvalue weighted by Crippen LogP contribution is 2.23. The number of carbonyl (C=O) groups excluding carboxylic acids is 1. The number of hydrogen-bond donors (Lipinski definition) is 1. The standard InChI is InChI=1S/C16H19ClN4O/c1-2-21-10-12(9-18-21)16(22)19-14-6-7-20(11-14)15-5-3-4-13(17)8-15/h3-5,8-10,14H,2,6-7,11H2,1H3,(H,19,22)/t14-/m1/s1. The van der Waals surface area contributed by atoms with Gasteiger partial charge in [-0.25, -0.2) is 0 Å². The molecule has 1 aliphatic rings. The van der Waals surface area contributed by atoms with Gasteiger partial charge in [0.2, 0.25) is 0 Å². The first-order chi connectivity index (χ1) is 10.7. The predicted octanol–water partition coefficient (Wildman–Crippen LogP) is 2.57. The average molecular weight is 319 g/mol. The molecular weight excluding hydrogens is 300 g/mol.